The van der Waals surface area contributed by atoms with E-state index in [0.717, 1.165) is 30.1 Å². The smallest absolute Gasteiger partial charge is 0.223 e. The van der Waals surface area contributed by atoms with Gasteiger partial charge in [-0.15, -0.1) is 11.3 Å². The highest BCUT2D eigenvalue weighted by Gasteiger charge is 2.28. The number of thiazole rings is 1. The summed E-state index contributed by atoms with van der Waals surface area (Å²) in [5, 5.41) is 5.48. The molecule has 0 unspecified atom stereocenters. The van der Waals surface area contributed by atoms with Gasteiger partial charge in [-0.1, -0.05) is 6.42 Å². The quantitative estimate of drug-likeness (QED) is 0.852. The van der Waals surface area contributed by atoms with Crippen molar-refractivity contribution < 1.29 is 9.47 Å². The van der Waals surface area contributed by atoms with Crippen LogP contribution in [0.3, 0.4) is 0 Å². The molecule has 0 spiro atoms. The van der Waals surface area contributed by atoms with Crippen molar-refractivity contribution in [2.75, 3.05) is 18.5 Å². The third-order valence-corrected chi connectivity index (χ3v) is 5.57. The molecular weight excluding hydrogens is 336 g/mol. The van der Waals surface area contributed by atoms with Crippen LogP contribution in [0.25, 0.3) is 0 Å². The van der Waals surface area contributed by atoms with Crippen molar-refractivity contribution in [1.29, 1.82) is 0 Å². The number of anilines is 1. The molecule has 0 amide bonds. The molecule has 2 fully saturated rings. The standard InChI is InChI=1S/C18H24N4O2S/c1-12-7-15(13-3-2-4-13)21-18(20-12)22-16-9-23-6-5-17(16)24-8-14-10-25-11-19-14/h7,10-11,13,16-17H,2-6,8-9H2,1H3,(H,20,21,22)/t16-,17+/m1/s1. The van der Waals surface area contributed by atoms with E-state index in [1.54, 1.807) is 11.3 Å². The van der Waals surface area contributed by atoms with Gasteiger partial charge >= 0.3 is 0 Å². The predicted octanol–water partition coefficient (Wildman–Crippen LogP) is 3.30. The normalized spacial score (nSPS) is 24.0. The van der Waals surface area contributed by atoms with Gasteiger partial charge in [0.1, 0.15) is 0 Å². The Morgan fingerprint density at radius 2 is 2.24 bits per heavy atom. The number of hydrogen-bond acceptors (Lipinski definition) is 7. The lowest BCUT2D eigenvalue weighted by Gasteiger charge is -2.32. The Kier molecular flexibility index (Phi) is 5.24. The summed E-state index contributed by atoms with van der Waals surface area (Å²) in [6, 6.07) is 2.17. The zero-order valence-corrected chi connectivity index (χ0v) is 15.3. The first kappa shape index (κ1) is 16.9. The second-order valence-electron chi connectivity index (χ2n) is 6.83. The molecular formula is C18H24N4O2S. The first-order chi connectivity index (χ1) is 12.3. The molecule has 2 aromatic heterocycles. The minimum atomic E-state index is 0.0587. The van der Waals surface area contributed by atoms with Crippen LogP contribution in [0.15, 0.2) is 17.0 Å². The fraction of sp³-hybridized carbons (Fsp3) is 0.611. The third-order valence-electron chi connectivity index (χ3n) is 4.93. The predicted molar refractivity (Wildman–Crippen MR) is 96.9 cm³/mol. The summed E-state index contributed by atoms with van der Waals surface area (Å²) >= 11 is 1.59. The summed E-state index contributed by atoms with van der Waals surface area (Å²) in [5.74, 6) is 1.29. The Bertz CT molecular complexity index is 690. The molecule has 134 valence electrons. The highest BCUT2D eigenvalue weighted by molar-refractivity contribution is 7.07. The zero-order valence-electron chi connectivity index (χ0n) is 14.5. The molecule has 25 heavy (non-hydrogen) atoms. The van der Waals surface area contributed by atoms with E-state index in [1.807, 2.05) is 17.8 Å². The van der Waals surface area contributed by atoms with E-state index >= 15 is 0 Å². The van der Waals surface area contributed by atoms with Crippen LogP contribution in [0.5, 0.6) is 0 Å². The average molecular weight is 360 g/mol. The minimum Gasteiger partial charge on any atom is -0.379 e. The molecule has 3 heterocycles. The largest absolute Gasteiger partial charge is 0.379 e. The number of ether oxygens (including phenoxy) is 2. The molecule has 6 nitrogen and oxygen atoms in total. The average Bonchev–Trinajstić information content (AvgIpc) is 3.05. The maximum Gasteiger partial charge on any atom is 0.223 e. The molecule has 4 rings (SSSR count). The molecule has 7 heteroatoms. The highest BCUT2D eigenvalue weighted by atomic mass is 32.1. The van der Waals surface area contributed by atoms with Crippen molar-refractivity contribution in [3.63, 3.8) is 0 Å². The fourth-order valence-corrected chi connectivity index (χ4v) is 3.83. The molecule has 0 radical (unpaired) electrons. The van der Waals surface area contributed by atoms with Crippen LogP contribution in [0.1, 0.15) is 48.7 Å². The van der Waals surface area contributed by atoms with Crippen LogP contribution in [0, 0.1) is 6.92 Å². The van der Waals surface area contributed by atoms with Crippen LogP contribution in [0.2, 0.25) is 0 Å². The Labute approximate surface area is 152 Å². The van der Waals surface area contributed by atoms with Crippen LogP contribution < -0.4 is 5.32 Å². The number of nitrogens with one attached hydrogen (secondary N) is 1. The summed E-state index contributed by atoms with van der Waals surface area (Å²) in [6.07, 6.45) is 4.72. The Hall–Kier alpha value is -1.57. The molecule has 0 bridgehead atoms. The van der Waals surface area contributed by atoms with Gasteiger partial charge < -0.3 is 14.8 Å². The maximum atomic E-state index is 6.10. The monoisotopic (exact) mass is 360 g/mol. The third kappa shape index (κ3) is 4.16. The molecule has 2 aliphatic rings. The van der Waals surface area contributed by atoms with Gasteiger partial charge in [-0.2, -0.15) is 0 Å². The van der Waals surface area contributed by atoms with E-state index in [-0.39, 0.29) is 12.1 Å². The number of rotatable bonds is 6. The first-order valence-corrected chi connectivity index (χ1v) is 9.91. The summed E-state index contributed by atoms with van der Waals surface area (Å²) < 4.78 is 11.7. The highest BCUT2D eigenvalue weighted by Crippen LogP contribution is 2.35. The maximum absolute atomic E-state index is 6.10. The van der Waals surface area contributed by atoms with Crippen LogP contribution in [-0.2, 0) is 16.1 Å². The van der Waals surface area contributed by atoms with Crippen LogP contribution in [-0.4, -0.2) is 40.3 Å². The van der Waals surface area contributed by atoms with Crippen molar-refractivity contribution in [2.45, 2.75) is 57.3 Å². The van der Waals surface area contributed by atoms with Gasteiger partial charge in [0.05, 0.1) is 36.6 Å². The van der Waals surface area contributed by atoms with Crippen LogP contribution in [0.4, 0.5) is 5.95 Å². The molecule has 1 aliphatic carbocycles. The first-order valence-electron chi connectivity index (χ1n) is 8.96. The number of aromatic nitrogens is 3. The summed E-state index contributed by atoms with van der Waals surface area (Å²) in [4.78, 5) is 13.6. The van der Waals surface area contributed by atoms with Crippen molar-refractivity contribution in [2.24, 2.45) is 0 Å². The molecule has 2 aromatic rings. The molecule has 1 aliphatic heterocycles. The van der Waals surface area contributed by atoms with Crippen molar-refractivity contribution >= 4 is 17.3 Å². The number of aryl methyl sites for hydroxylation is 1. The summed E-state index contributed by atoms with van der Waals surface area (Å²) in [6.45, 7) is 3.90. The van der Waals surface area contributed by atoms with E-state index in [1.165, 1.54) is 19.3 Å². The van der Waals surface area contributed by atoms with E-state index in [0.29, 0.717) is 25.1 Å². The van der Waals surface area contributed by atoms with E-state index in [9.17, 15) is 0 Å². The Balaban J connectivity index is 1.43. The Morgan fingerprint density at radius 1 is 1.32 bits per heavy atom. The van der Waals surface area contributed by atoms with Gasteiger partial charge in [-0.05, 0) is 32.3 Å². The van der Waals surface area contributed by atoms with E-state index in [2.05, 4.69) is 21.4 Å². The van der Waals surface area contributed by atoms with Gasteiger partial charge in [-0.25, -0.2) is 15.0 Å². The molecule has 1 saturated heterocycles. The van der Waals surface area contributed by atoms with Crippen molar-refractivity contribution in [3.05, 3.63) is 34.0 Å². The second kappa shape index (κ2) is 7.76. The van der Waals surface area contributed by atoms with Gasteiger partial charge in [-0.3, -0.25) is 0 Å². The van der Waals surface area contributed by atoms with Gasteiger partial charge in [0.25, 0.3) is 0 Å². The van der Waals surface area contributed by atoms with Gasteiger partial charge in [0.2, 0.25) is 5.95 Å². The van der Waals surface area contributed by atoms with E-state index < -0.39 is 0 Å². The molecule has 2 atom stereocenters. The van der Waals surface area contributed by atoms with Crippen molar-refractivity contribution in [1.82, 2.24) is 15.0 Å². The second-order valence-corrected chi connectivity index (χ2v) is 7.55. The van der Waals surface area contributed by atoms with Gasteiger partial charge in [0, 0.05) is 29.3 Å². The van der Waals surface area contributed by atoms with Crippen LogP contribution >= 0.6 is 11.3 Å². The summed E-state index contributed by atoms with van der Waals surface area (Å²) in [5.41, 5.74) is 4.99. The number of nitrogens with zero attached hydrogens (tertiary/aromatic N) is 3. The zero-order chi connectivity index (χ0) is 17.1. The van der Waals surface area contributed by atoms with E-state index in [4.69, 9.17) is 14.5 Å². The van der Waals surface area contributed by atoms with Gasteiger partial charge in [0.15, 0.2) is 0 Å². The molecule has 0 aromatic carbocycles. The Morgan fingerprint density at radius 3 is 3.00 bits per heavy atom. The SMILES string of the molecule is Cc1cc(C2CCC2)nc(N[C@@H]2COCC[C@@H]2OCc2cscn2)n1. The molecule has 1 N–H and O–H groups in total. The van der Waals surface area contributed by atoms with Crippen molar-refractivity contribution in [3.8, 4) is 0 Å². The lowest BCUT2D eigenvalue weighted by atomic mass is 9.83. The molecule has 1 saturated carbocycles. The topological polar surface area (TPSA) is 69.2 Å². The fourth-order valence-electron chi connectivity index (χ4n) is 3.29. The minimum absolute atomic E-state index is 0.0587. The summed E-state index contributed by atoms with van der Waals surface area (Å²) in [7, 11) is 0. The lowest BCUT2D eigenvalue weighted by molar-refractivity contribution is -0.0487. The lowest BCUT2D eigenvalue weighted by Crippen LogP contribution is -2.44. The number of hydrogen-bond donors (Lipinski definition) is 1.